The molecule has 0 bridgehead atoms. The van der Waals surface area contributed by atoms with Crippen molar-refractivity contribution in [2.24, 2.45) is 0 Å². The van der Waals surface area contributed by atoms with E-state index in [1.165, 1.54) is 6.20 Å². The lowest BCUT2D eigenvalue weighted by molar-refractivity contribution is -0.152. The number of aromatic nitrogens is 1. The van der Waals surface area contributed by atoms with Gasteiger partial charge >= 0.3 is 0 Å². The first kappa shape index (κ1) is 13.1. The predicted octanol–water partition coefficient (Wildman–Crippen LogP) is 0.0547. The van der Waals surface area contributed by atoms with Crippen molar-refractivity contribution in [1.29, 1.82) is 0 Å². The Kier molecular flexibility index (Phi) is 3.21. The van der Waals surface area contributed by atoms with Crippen LogP contribution in [0.1, 0.15) is 23.0 Å². The van der Waals surface area contributed by atoms with Gasteiger partial charge < -0.3 is 19.1 Å². The molecule has 2 aliphatic heterocycles. The molecule has 0 N–H and O–H groups in total. The highest BCUT2D eigenvalue weighted by molar-refractivity contribution is 5.95. The van der Waals surface area contributed by atoms with E-state index in [-0.39, 0.29) is 30.6 Å². The number of morpholine rings is 1. The summed E-state index contributed by atoms with van der Waals surface area (Å²) in [5.41, 5.74) is 0.470. The van der Waals surface area contributed by atoms with Crippen molar-refractivity contribution in [3.05, 3.63) is 17.5 Å². The summed E-state index contributed by atoms with van der Waals surface area (Å²) >= 11 is 0. The summed E-state index contributed by atoms with van der Waals surface area (Å²) in [4.78, 5) is 27.7. The van der Waals surface area contributed by atoms with Crippen molar-refractivity contribution >= 4 is 11.8 Å². The monoisotopic (exact) mass is 279 g/mol. The molecule has 2 saturated heterocycles. The number of aryl methyl sites for hydroxylation is 1. The molecule has 0 aromatic carbocycles. The largest absolute Gasteiger partial charge is 0.364 e. The van der Waals surface area contributed by atoms with Crippen molar-refractivity contribution in [2.45, 2.75) is 26.0 Å². The van der Waals surface area contributed by atoms with Crippen molar-refractivity contribution in [3.8, 4) is 0 Å². The molecule has 7 heteroatoms. The van der Waals surface area contributed by atoms with Crippen molar-refractivity contribution in [3.63, 3.8) is 0 Å². The highest BCUT2D eigenvalue weighted by atomic mass is 16.5. The van der Waals surface area contributed by atoms with Crippen LogP contribution in [0.3, 0.4) is 0 Å². The molecule has 1 aromatic heterocycles. The van der Waals surface area contributed by atoms with Crippen molar-refractivity contribution in [2.75, 3.05) is 26.2 Å². The van der Waals surface area contributed by atoms with E-state index >= 15 is 0 Å². The average molecular weight is 279 g/mol. The molecule has 3 rings (SSSR count). The Hall–Kier alpha value is -1.89. The Morgan fingerprint density at radius 3 is 2.95 bits per heavy atom. The third-order valence-electron chi connectivity index (χ3n) is 3.99. The first-order valence-corrected chi connectivity index (χ1v) is 6.73. The van der Waals surface area contributed by atoms with Crippen LogP contribution in [0, 0.1) is 6.92 Å². The normalized spacial score (nSPS) is 26.0. The van der Waals surface area contributed by atoms with E-state index < -0.39 is 0 Å². The molecule has 20 heavy (non-hydrogen) atoms. The maximum absolute atomic E-state index is 12.4. The number of hydrogen-bond donors (Lipinski definition) is 0. The van der Waals surface area contributed by atoms with Crippen LogP contribution in [0.2, 0.25) is 0 Å². The fourth-order valence-corrected chi connectivity index (χ4v) is 2.92. The van der Waals surface area contributed by atoms with E-state index in [1.807, 2.05) is 6.92 Å². The Labute approximate surface area is 116 Å². The minimum atomic E-state index is -0.120. The van der Waals surface area contributed by atoms with Gasteiger partial charge in [-0.2, -0.15) is 0 Å². The molecule has 0 saturated carbocycles. The number of amides is 2. The van der Waals surface area contributed by atoms with Crippen LogP contribution in [-0.4, -0.2) is 65.2 Å². The number of likely N-dealkylation sites (tertiary alicyclic amines) is 1. The molecule has 2 atom stereocenters. The van der Waals surface area contributed by atoms with Crippen LogP contribution in [0.5, 0.6) is 0 Å². The predicted molar refractivity (Wildman–Crippen MR) is 68.1 cm³/mol. The van der Waals surface area contributed by atoms with Gasteiger partial charge in [0.05, 0.1) is 18.3 Å². The van der Waals surface area contributed by atoms with Gasteiger partial charge in [-0.25, -0.2) is 0 Å². The maximum Gasteiger partial charge on any atom is 0.259 e. The molecule has 0 spiro atoms. The number of likely N-dealkylation sites (N-methyl/N-ethyl adjacent to an activating group) is 1. The van der Waals surface area contributed by atoms with Crippen LogP contribution in [0.25, 0.3) is 0 Å². The molecule has 7 nitrogen and oxygen atoms in total. The molecule has 2 aliphatic rings. The Bertz CT molecular complexity index is 541. The van der Waals surface area contributed by atoms with Gasteiger partial charge in [-0.1, -0.05) is 5.16 Å². The molecule has 3 heterocycles. The van der Waals surface area contributed by atoms with E-state index in [0.717, 1.165) is 0 Å². The van der Waals surface area contributed by atoms with Gasteiger partial charge in [0, 0.05) is 19.6 Å². The second kappa shape index (κ2) is 4.90. The van der Waals surface area contributed by atoms with Crippen LogP contribution < -0.4 is 0 Å². The third kappa shape index (κ3) is 1.98. The number of hydrogen-bond acceptors (Lipinski definition) is 5. The minimum absolute atomic E-state index is 0.00999. The summed E-state index contributed by atoms with van der Waals surface area (Å²) < 4.78 is 10.5. The number of carbonyl (C=O) groups excluding carboxylic acids is 2. The van der Waals surface area contributed by atoms with Crippen LogP contribution in [0.4, 0.5) is 0 Å². The molecular weight excluding hydrogens is 262 g/mol. The third-order valence-corrected chi connectivity index (χ3v) is 3.99. The zero-order chi connectivity index (χ0) is 14.3. The van der Waals surface area contributed by atoms with E-state index in [9.17, 15) is 9.59 Å². The first-order valence-electron chi connectivity index (χ1n) is 6.73. The summed E-state index contributed by atoms with van der Waals surface area (Å²) in [5.74, 6) is 0.378. The minimum Gasteiger partial charge on any atom is -0.364 e. The average Bonchev–Trinajstić information content (AvgIpc) is 3.04. The molecular formula is C13H17N3O4. The topological polar surface area (TPSA) is 75.9 Å². The van der Waals surface area contributed by atoms with Gasteiger partial charge in [-0.05, 0) is 13.8 Å². The van der Waals surface area contributed by atoms with Gasteiger partial charge in [0.1, 0.15) is 17.9 Å². The fraction of sp³-hybridized carbons (Fsp3) is 0.615. The second-order valence-electron chi connectivity index (χ2n) is 5.10. The lowest BCUT2D eigenvalue weighted by Crippen LogP contribution is -2.53. The van der Waals surface area contributed by atoms with Gasteiger partial charge in [-0.3, -0.25) is 9.59 Å². The number of carbonyl (C=O) groups is 2. The standard InChI is InChI=1S/C13H17N3O4/c1-3-16-10-5-15(6-11(10)19-7-12(16)17)13(18)9-4-14-20-8(9)2/h4,10-11H,3,5-7H2,1-2H3/t10-,11-/m1/s1. The van der Waals surface area contributed by atoms with Crippen LogP contribution >= 0.6 is 0 Å². The van der Waals surface area contributed by atoms with Crippen LogP contribution in [-0.2, 0) is 9.53 Å². The Balaban J connectivity index is 1.77. The molecule has 2 fully saturated rings. The maximum atomic E-state index is 12.4. The fourth-order valence-electron chi connectivity index (χ4n) is 2.92. The zero-order valence-corrected chi connectivity index (χ0v) is 11.5. The number of rotatable bonds is 2. The summed E-state index contributed by atoms with van der Waals surface area (Å²) in [6.45, 7) is 5.38. The summed E-state index contributed by atoms with van der Waals surface area (Å²) in [5, 5.41) is 3.63. The van der Waals surface area contributed by atoms with Gasteiger partial charge in [0.15, 0.2) is 0 Å². The zero-order valence-electron chi connectivity index (χ0n) is 11.5. The summed E-state index contributed by atoms with van der Waals surface area (Å²) in [7, 11) is 0. The summed E-state index contributed by atoms with van der Waals surface area (Å²) in [6, 6.07) is -0.0506. The lowest BCUT2D eigenvalue weighted by atomic mass is 10.1. The lowest BCUT2D eigenvalue weighted by Gasteiger charge is -2.35. The SMILES string of the molecule is CCN1C(=O)CO[C@@H]2CN(C(=O)c3cnoc3C)C[C@H]21. The molecule has 2 amide bonds. The smallest absolute Gasteiger partial charge is 0.259 e. The molecule has 0 aliphatic carbocycles. The molecule has 0 unspecified atom stereocenters. The van der Waals surface area contributed by atoms with E-state index in [0.29, 0.717) is 31.0 Å². The van der Waals surface area contributed by atoms with E-state index in [1.54, 1.807) is 16.7 Å². The number of fused-ring (bicyclic) bond motifs is 1. The van der Waals surface area contributed by atoms with Crippen molar-refractivity contribution in [1.82, 2.24) is 15.0 Å². The Morgan fingerprint density at radius 1 is 1.50 bits per heavy atom. The second-order valence-corrected chi connectivity index (χ2v) is 5.10. The molecule has 108 valence electrons. The summed E-state index contributed by atoms with van der Waals surface area (Å²) in [6.07, 6.45) is 1.33. The highest BCUT2D eigenvalue weighted by Crippen LogP contribution is 2.25. The van der Waals surface area contributed by atoms with E-state index in [4.69, 9.17) is 9.26 Å². The first-order chi connectivity index (χ1) is 9.61. The molecule has 1 aromatic rings. The van der Waals surface area contributed by atoms with E-state index in [2.05, 4.69) is 5.16 Å². The van der Waals surface area contributed by atoms with Crippen LogP contribution in [0.15, 0.2) is 10.7 Å². The number of ether oxygens (including phenoxy) is 1. The van der Waals surface area contributed by atoms with Gasteiger partial charge in [-0.15, -0.1) is 0 Å². The van der Waals surface area contributed by atoms with Gasteiger partial charge in [0.25, 0.3) is 5.91 Å². The highest BCUT2D eigenvalue weighted by Gasteiger charge is 2.44. The van der Waals surface area contributed by atoms with Crippen molar-refractivity contribution < 1.29 is 18.8 Å². The quantitative estimate of drug-likeness (QED) is 0.765. The molecule has 0 radical (unpaired) electrons. The number of nitrogens with zero attached hydrogens (tertiary/aromatic N) is 3. The Morgan fingerprint density at radius 2 is 2.30 bits per heavy atom. The van der Waals surface area contributed by atoms with Gasteiger partial charge in [0.2, 0.25) is 5.91 Å².